The van der Waals surface area contributed by atoms with Gasteiger partial charge in [0.2, 0.25) is 11.3 Å². The number of nitrogens with one attached hydrogen (secondary N) is 2. The molecule has 1 aliphatic carbocycles. The first-order chi connectivity index (χ1) is 12.7. The van der Waals surface area contributed by atoms with Crippen LogP contribution in [0.2, 0.25) is 0 Å². The number of aromatic nitrogens is 2. The van der Waals surface area contributed by atoms with E-state index in [-0.39, 0.29) is 17.1 Å². The van der Waals surface area contributed by atoms with Crippen LogP contribution in [0.15, 0.2) is 40.3 Å². The molecule has 0 fully saturated rings. The Labute approximate surface area is 159 Å². The number of fused-ring (bicyclic) bond motifs is 2. The van der Waals surface area contributed by atoms with Gasteiger partial charge in [0.15, 0.2) is 5.16 Å². The Kier molecular flexibility index (Phi) is 5.08. The summed E-state index contributed by atoms with van der Waals surface area (Å²) in [5, 5.41) is 3.53. The predicted molar refractivity (Wildman–Crippen MR) is 106 cm³/mol. The van der Waals surface area contributed by atoms with Crippen LogP contribution in [0, 0.1) is 0 Å². The minimum atomic E-state index is -0.0513. The number of aromatic amines is 1. The van der Waals surface area contributed by atoms with Crippen LogP contribution in [-0.4, -0.2) is 21.6 Å². The van der Waals surface area contributed by atoms with Gasteiger partial charge in [0.1, 0.15) is 10.3 Å². The lowest BCUT2D eigenvalue weighted by atomic mass is 9.98. The summed E-state index contributed by atoms with van der Waals surface area (Å²) in [6.07, 6.45) is 4.06. The van der Waals surface area contributed by atoms with Crippen molar-refractivity contribution in [1.82, 2.24) is 15.3 Å². The number of nitrogens with zero attached hydrogens (tertiary/aromatic N) is 1. The second-order valence-electron chi connectivity index (χ2n) is 6.31. The zero-order valence-electron chi connectivity index (χ0n) is 14.2. The molecule has 7 heteroatoms. The molecule has 5 nitrogen and oxygen atoms in total. The third-order valence-corrected chi connectivity index (χ3v) is 6.52. The first-order valence-electron chi connectivity index (χ1n) is 8.68. The Hall–Kier alpha value is -2.12. The summed E-state index contributed by atoms with van der Waals surface area (Å²) in [6.45, 7) is 0.514. The summed E-state index contributed by atoms with van der Waals surface area (Å²) in [4.78, 5) is 34.2. The van der Waals surface area contributed by atoms with Gasteiger partial charge in [0.05, 0.1) is 5.75 Å². The van der Waals surface area contributed by atoms with Gasteiger partial charge in [-0.25, -0.2) is 4.98 Å². The van der Waals surface area contributed by atoms with E-state index in [1.807, 2.05) is 30.3 Å². The second kappa shape index (κ2) is 7.63. The van der Waals surface area contributed by atoms with Gasteiger partial charge < -0.3 is 10.3 Å². The van der Waals surface area contributed by atoms with Crippen molar-refractivity contribution in [3.8, 4) is 0 Å². The van der Waals surface area contributed by atoms with E-state index in [4.69, 9.17) is 0 Å². The molecule has 0 bridgehead atoms. The molecular weight excluding hydrogens is 366 g/mol. The van der Waals surface area contributed by atoms with Crippen LogP contribution >= 0.6 is 23.1 Å². The molecular formula is C19H19N3O2S2. The van der Waals surface area contributed by atoms with Crippen LogP contribution < -0.4 is 10.7 Å². The van der Waals surface area contributed by atoms with Gasteiger partial charge in [-0.1, -0.05) is 42.1 Å². The fraction of sp³-hybridized carbons (Fsp3) is 0.316. The maximum atomic E-state index is 12.6. The number of hydrogen-bond acceptors (Lipinski definition) is 5. The molecule has 2 aromatic heterocycles. The normalized spacial score (nSPS) is 13.5. The maximum Gasteiger partial charge on any atom is 0.230 e. The maximum absolute atomic E-state index is 12.6. The van der Waals surface area contributed by atoms with Gasteiger partial charge in [-0.15, -0.1) is 11.3 Å². The molecule has 0 radical (unpaired) electrons. The van der Waals surface area contributed by atoms with E-state index in [1.165, 1.54) is 16.6 Å². The minimum Gasteiger partial charge on any atom is -0.351 e. The van der Waals surface area contributed by atoms with Crippen molar-refractivity contribution in [1.29, 1.82) is 0 Å². The molecule has 26 heavy (non-hydrogen) atoms. The lowest BCUT2D eigenvalue weighted by Gasteiger charge is -2.12. The van der Waals surface area contributed by atoms with Gasteiger partial charge in [0, 0.05) is 17.0 Å². The van der Waals surface area contributed by atoms with Gasteiger partial charge in [-0.2, -0.15) is 0 Å². The monoisotopic (exact) mass is 385 g/mol. The van der Waals surface area contributed by atoms with Crippen LogP contribution in [0.1, 0.15) is 28.8 Å². The lowest BCUT2D eigenvalue weighted by Crippen LogP contribution is -2.24. The topological polar surface area (TPSA) is 74.8 Å². The molecule has 1 amide bonds. The van der Waals surface area contributed by atoms with Crippen molar-refractivity contribution in [2.24, 2.45) is 0 Å². The predicted octanol–water partition coefficient (Wildman–Crippen LogP) is 3.27. The van der Waals surface area contributed by atoms with E-state index in [9.17, 15) is 9.59 Å². The molecule has 1 aromatic carbocycles. The zero-order chi connectivity index (χ0) is 17.9. The standard InChI is InChI=1S/C19H19N3O2S2/c23-15(20-10-12-6-2-1-3-7-12)11-25-19-21-16-17(24)13-8-4-5-9-14(13)26-18(16)22-19/h1-3,6-7H,4-5,8-11H2,(H,20,23)(H,21,22). The van der Waals surface area contributed by atoms with Gasteiger partial charge >= 0.3 is 0 Å². The lowest BCUT2D eigenvalue weighted by molar-refractivity contribution is -0.118. The number of carbonyl (C=O) groups excluding carboxylic acids is 1. The average molecular weight is 386 g/mol. The van der Waals surface area contributed by atoms with Crippen molar-refractivity contribution in [3.63, 3.8) is 0 Å². The van der Waals surface area contributed by atoms with Crippen LogP contribution in [0.5, 0.6) is 0 Å². The Bertz CT molecular complexity index is 995. The van der Waals surface area contributed by atoms with E-state index in [0.29, 0.717) is 17.2 Å². The SMILES string of the molecule is O=C(CSc1nc2sc3c(c(=O)c2[nH]1)CCCC3)NCc1ccccc1. The summed E-state index contributed by atoms with van der Waals surface area (Å²) in [7, 11) is 0. The van der Waals surface area contributed by atoms with Crippen molar-refractivity contribution in [2.75, 3.05) is 5.75 Å². The number of imidazole rings is 1. The third-order valence-electron chi connectivity index (χ3n) is 4.46. The quantitative estimate of drug-likeness (QED) is 0.661. The van der Waals surface area contributed by atoms with Gasteiger partial charge in [-0.05, 0) is 31.2 Å². The fourth-order valence-electron chi connectivity index (χ4n) is 3.11. The van der Waals surface area contributed by atoms with Crippen molar-refractivity contribution in [2.45, 2.75) is 37.4 Å². The van der Waals surface area contributed by atoms with Crippen molar-refractivity contribution >= 4 is 39.4 Å². The Morgan fingerprint density at radius 2 is 2.04 bits per heavy atom. The van der Waals surface area contributed by atoms with Crippen LogP contribution in [0.3, 0.4) is 0 Å². The molecule has 134 valence electrons. The second-order valence-corrected chi connectivity index (χ2v) is 8.36. The van der Waals surface area contributed by atoms with Crippen LogP contribution in [0.4, 0.5) is 0 Å². The number of benzene rings is 1. The highest BCUT2D eigenvalue weighted by molar-refractivity contribution is 7.99. The first kappa shape index (κ1) is 17.3. The molecule has 2 heterocycles. The molecule has 4 rings (SSSR count). The first-order valence-corrected chi connectivity index (χ1v) is 10.5. The summed E-state index contributed by atoms with van der Waals surface area (Å²) in [5.41, 5.74) is 2.69. The smallest absolute Gasteiger partial charge is 0.230 e. The highest BCUT2D eigenvalue weighted by atomic mass is 32.2. The van der Waals surface area contributed by atoms with Crippen molar-refractivity contribution < 1.29 is 4.79 Å². The Balaban J connectivity index is 1.42. The number of carbonyl (C=O) groups is 1. The molecule has 0 aliphatic heterocycles. The number of H-pyrrole nitrogens is 1. The summed E-state index contributed by atoms with van der Waals surface area (Å²) < 4.78 is 0. The average Bonchev–Trinajstić information content (AvgIpc) is 3.09. The molecule has 1 aliphatic rings. The minimum absolute atomic E-state index is 0.0513. The van der Waals surface area contributed by atoms with Crippen LogP contribution in [-0.2, 0) is 24.2 Å². The molecule has 2 N–H and O–H groups in total. The van der Waals surface area contributed by atoms with Crippen molar-refractivity contribution in [3.05, 3.63) is 56.6 Å². The molecule has 3 aromatic rings. The van der Waals surface area contributed by atoms with E-state index in [0.717, 1.165) is 41.6 Å². The van der Waals surface area contributed by atoms with E-state index in [1.54, 1.807) is 11.3 Å². The molecule has 0 spiro atoms. The number of amides is 1. The number of hydrogen-bond donors (Lipinski definition) is 2. The molecule has 0 saturated carbocycles. The van der Waals surface area contributed by atoms with Crippen LogP contribution in [0.25, 0.3) is 10.3 Å². The summed E-state index contributed by atoms with van der Waals surface area (Å²) in [5.74, 6) is 0.218. The highest BCUT2D eigenvalue weighted by Gasteiger charge is 2.18. The Morgan fingerprint density at radius 1 is 1.23 bits per heavy atom. The van der Waals surface area contributed by atoms with E-state index >= 15 is 0 Å². The number of aryl methyl sites for hydroxylation is 1. The Morgan fingerprint density at radius 3 is 2.88 bits per heavy atom. The van der Waals surface area contributed by atoms with E-state index in [2.05, 4.69) is 15.3 Å². The summed E-state index contributed by atoms with van der Waals surface area (Å²) in [6, 6.07) is 9.81. The number of rotatable bonds is 5. The van der Waals surface area contributed by atoms with Gasteiger partial charge in [-0.3, -0.25) is 9.59 Å². The molecule has 0 atom stereocenters. The number of thioether (sulfide) groups is 1. The summed E-state index contributed by atoms with van der Waals surface area (Å²) >= 11 is 2.94. The highest BCUT2D eigenvalue weighted by Crippen LogP contribution is 2.28. The van der Waals surface area contributed by atoms with E-state index < -0.39 is 0 Å². The molecule has 0 saturated heterocycles. The zero-order valence-corrected chi connectivity index (χ0v) is 15.8. The fourth-order valence-corrected chi connectivity index (χ4v) is 5.05. The largest absolute Gasteiger partial charge is 0.351 e. The van der Waals surface area contributed by atoms with Gasteiger partial charge in [0.25, 0.3) is 0 Å². The molecule has 0 unspecified atom stereocenters. The third kappa shape index (κ3) is 3.68.